The van der Waals surface area contributed by atoms with Gasteiger partial charge in [-0.05, 0) is 25.0 Å². The maximum atomic E-state index is 11.9. The molecule has 6 heteroatoms. The Labute approximate surface area is 122 Å². The fraction of sp³-hybridized carbons (Fsp3) is 0.267. The predicted molar refractivity (Wildman–Crippen MR) is 77.1 cm³/mol. The van der Waals surface area contributed by atoms with Gasteiger partial charge < -0.3 is 10.4 Å². The van der Waals surface area contributed by atoms with Gasteiger partial charge in [0.05, 0.1) is 0 Å². The van der Waals surface area contributed by atoms with Crippen molar-refractivity contribution < 1.29 is 14.7 Å². The average molecular weight is 287 g/mol. The Morgan fingerprint density at radius 2 is 2.00 bits per heavy atom. The van der Waals surface area contributed by atoms with E-state index < -0.39 is 12.0 Å². The number of benzene rings is 1. The van der Waals surface area contributed by atoms with Crippen molar-refractivity contribution >= 4 is 11.9 Å². The van der Waals surface area contributed by atoms with Crippen LogP contribution in [0, 0.1) is 0 Å². The number of carboxylic acids is 1. The molecule has 0 saturated heterocycles. The quantitative estimate of drug-likeness (QED) is 0.843. The van der Waals surface area contributed by atoms with E-state index in [1.54, 1.807) is 0 Å². The Hall–Kier alpha value is -2.63. The number of carbonyl (C=O) groups is 2. The highest BCUT2D eigenvalue weighted by Crippen LogP contribution is 2.06. The van der Waals surface area contributed by atoms with E-state index in [2.05, 4.69) is 10.4 Å². The summed E-state index contributed by atoms with van der Waals surface area (Å²) in [6, 6.07) is 10.6. The molecule has 0 aliphatic rings. The fourth-order valence-electron chi connectivity index (χ4n) is 1.84. The van der Waals surface area contributed by atoms with Crippen molar-refractivity contribution in [3.63, 3.8) is 0 Å². The summed E-state index contributed by atoms with van der Waals surface area (Å²) in [5.41, 5.74) is 1.36. The number of rotatable bonds is 6. The highest BCUT2D eigenvalue weighted by atomic mass is 16.4. The summed E-state index contributed by atoms with van der Waals surface area (Å²) < 4.78 is 1.26. The van der Waals surface area contributed by atoms with Gasteiger partial charge in [0, 0.05) is 12.7 Å². The lowest BCUT2D eigenvalue weighted by atomic mass is 10.1. The molecule has 0 aliphatic heterocycles. The van der Waals surface area contributed by atoms with Gasteiger partial charge in [-0.15, -0.1) is 0 Å². The third-order valence-corrected chi connectivity index (χ3v) is 3.14. The minimum absolute atomic E-state index is 0.219. The Balaban J connectivity index is 1.88. The molecule has 110 valence electrons. The number of hydrogen-bond donors (Lipinski definition) is 2. The number of aliphatic carboxylic acids is 1. The lowest BCUT2D eigenvalue weighted by Gasteiger charge is -2.06. The van der Waals surface area contributed by atoms with Crippen LogP contribution in [0.25, 0.3) is 0 Å². The molecule has 2 rings (SSSR count). The number of carboxylic acid groups (broad SMARTS) is 1. The van der Waals surface area contributed by atoms with Crippen molar-refractivity contribution in [1.82, 2.24) is 15.1 Å². The van der Waals surface area contributed by atoms with Gasteiger partial charge >= 0.3 is 5.97 Å². The van der Waals surface area contributed by atoms with Crippen LogP contribution in [-0.4, -0.2) is 33.3 Å². The third-order valence-electron chi connectivity index (χ3n) is 3.14. The van der Waals surface area contributed by atoms with Gasteiger partial charge in [-0.2, -0.15) is 5.10 Å². The second-order valence-corrected chi connectivity index (χ2v) is 4.69. The van der Waals surface area contributed by atoms with Crippen molar-refractivity contribution in [1.29, 1.82) is 0 Å². The van der Waals surface area contributed by atoms with Gasteiger partial charge in [0.2, 0.25) is 0 Å². The second-order valence-electron chi connectivity index (χ2n) is 4.69. The maximum absolute atomic E-state index is 11.9. The van der Waals surface area contributed by atoms with Crippen LogP contribution in [-0.2, 0) is 11.2 Å². The molecule has 2 aromatic rings. The average Bonchev–Trinajstić information content (AvgIpc) is 2.97. The molecule has 0 aliphatic carbocycles. The summed E-state index contributed by atoms with van der Waals surface area (Å²) in [7, 11) is 0. The van der Waals surface area contributed by atoms with Gasteiger partial charge in [0.1, 0.15) is 11.7 Å². The molecule has 0 bridgehead atoms. The zero-order valence-corrected chi connectivity index (χ0v) is 11.7. The van der Waals surface area contributed by atoms with Crippen molar-refractivity contribution in [2.45, 2.75) is 19.4 Å². The molecule has 1 unspecified atom stereocenters. The predicted octanol–water partition coefficient (Wildman–Crippen LogP) is 1.50. The van der Waals surface area contributed by atoms with Crippen molar-refractivity contribution in [3.05, 3.63) is 53.9 Å². The molecule has 6 nitrogen and oxygen atoms in total. The molecule has 0 saturated carbocycles. The van der Waals surface area contributed by atoms with Crippen LogP contribution in [0.15, 0.2) is 42.6 Å². The maximum Gasteiger partial charge on any atom is 0.328 e. The Morgan fingerprint density at radius 3 is 2.67 bits per heavy atom. The highest BCUT2D eigenvalue weighted by Gasteiger charge is 2.16. The highest BCUT2D eigenvalue weighted by molar-refractivity contribution is 5.92. The topological polar surface area (TPSA) is 84.2 Å². The van der Waals surface area contributed by atoms with E-state index in [1.807, 2.05) is 30.3 Å². The Morgan fingerprint density at radius 1 is 1.29 bits per heavy atom. The van der Waals surface area contributed by atoms with Gasteiger partial charge in [-0.1, -0.05) is 30.3 Å². The van der Waals surface area contributed by atoms with E-state index in [4.69, 9.17) is 5.11 Å². The van der Waals surface area contributed by atoms with E-state index in [0.29, 0.717) is 6.54 Å². The minimum atomic E-state index is -0.992. The molecule has 0 radical (unpaired) electrons. The molecule has 1 aromatic carbocycles. The molecule has 0 fully saturated rings. The molecule has 1 atom stereocenters. The standard InChI is InChI=1S/C15H17N3O3/c1-11(15(20)21)18-10-8-13(17-18)14(19)16-9-7-12-5-3-2-4-6-12/h2-6,8,10-11H,7,9H2,1H3,(H,16,19)(H,20,21). The first-order chi connectivity index (χ1) is 10.1. The van der Waals surface area contributed by atoms with Gasteiger partial charge in [-0.25, -0.2) is 4.79 Å². The summed E-state index contributed by atoms with van der Waals surface area (Å²) in [5, 5.41) is 15.6. The number of nitrogens with one attached hydrogen (secondary N) is 1. The van der Waals surface area contributed by atoms with Crippen molar-refractivity contribution in [2.75, 3.05) is 6.54 Å². The largest absolute Gasteiger partial charge is 0.480 e. The lowest BCUT2D eigenvalue weighted by molar-refractivity contribution is -0.140. The summed E-state index contributed by atoms with van der Waals surface area (Å²) in [6.45, 7) is 2.01. The summed E-state index contributed by atoms with van der Waals surface area (Å²) >= 11 is 0. The van der Waals surface area contributed by atoms with Gasteiger partial charge in [-0.3, -0.25) is 9.48 Å². The van der Waals surface area contributed by atoms with Crippen LogP contribution in [0.4, 0.5) is 0 Å². The number of nitrogens with zero attached hydrogens (tertiary/aromatic N) is 2. The van der Waals surface area contributed by atoms with Crippen LogP contribution in [0.2, 0.25) is 0 Å². The van der Waals surface area contributed by atoms with E-state index in [9.17, 15) is 9.59 Å². The molecule has 0 spiro atoms. The smallest absolute Gasteiger partial charge is 0.328 e. The number of carbonyl (C=O) groups excluding carboxylic acids is 1. The van der Waals surface area contributed by atoms with Gasteiger partial charge in [0.25, 0.3) is 5.91 Å². The van der Waals surface area contributed by atoms with Gasteiger partial charge in [0.15, 0.2) is 0 Å². The summed E-state index contributed by atoms with van der Waals surface area (Å²) in [4.78, 5) is 22.8. The fourth-order valence-corrected chi connectivity index (χ4v) is 1.84. The Bertz CT molecular complexity index is 622. The van der Waals surface area contributed by atoms with E-state index in [-0.39, 0.29) is 11.6 Å². The molecule has 21 heavy (non-hydrogen) atoms. The minimum Gasteiger partial charge on any atom is -0.480 e. The first kappa shape index (κ1) is 14.8. The SMILES string of the molecule is CC(C(=O)O)n1ccc(C(=O)NCCc2ccccc2)n1. The molecular formula is C15H17N3O3. The van der Waals surface area contributed by atoms with Crippen LogP contribution >= 0.6 is 0 Å². The lowest BCUT2D eigenvalue weighted by Crippen LogP contribution is -2.26. The first-order valence-corrected chi connectivity index (χ1v) is 6.68. The molecule has 1 heterocycles. The number of hydrogen-bond acceptors (Lipinski definition) is 3. The summed E-state index contributed by atoms with van der Waals surface area (Å²) in [6.07, 6.45) is 2.23. The van der Waals surface area contributed by atoms with E-state index in [1.165, 1.54) is 23.9 Å². The molecular weight excluding hydrogens is 270 g/mol. The summed E-state index contributed by atoms with van der Waals surface area (Å²) in [5.74, 6) is -1.29. The van der Waals surface area contributed by atoms with Crippen LogP contribution in [0.1, 0.15) is 29.0 Å². The van der Waals surface area contributed by atoms with Crippen molar-refractivity contribution in [3.8, 4) is 0 Å². The number of aromatic nitrogens is 2. The third kappa shape index (κ3) is 3.92. The monoisotopic (exact) mass is 287 g/mol. The normalized spacial score (nSPS) is 11.9. The van der Waals surface area contributed by atoms with E-state index in [0.717, 1.165) is 12.0 Å². The number of amides is 1. The molecule has 1 amide bonds. The first-order valence-electron chi connectivity index (χ1n) is 6.68. The van der Waals surface area contributed by atoms with Crippen LogP contribution in [0.5, 0.6) is 0 Å². The van der Waals surface area contributed by atoms with Crippen LogP contribution < -0.4 is 5.32 Å². The molecule has 1 aromatic heterocycles. The second kappa shape index (κ2) is 6.69. The molecule has 2 N–H and O–H groups in total. The zero-order chi connectivity index (χ0) is 15.2. The van der Waals surface area contributed by atoms with Crippen molar-refractivity contribution in [2.24, 2.45) is 0 Å². The Kier molecular flexibility index (Phi) is 4.71. The van der Waals surface area contributed by atoms with E-state index >= 15 is 0 Å². The zero-order valence-electron chi connectivity index (χ0n) is 11.7. The van der Waals surface area contributed by atoms with Crippen LogP contribution in [0.3, 0.4) is 0 Å².